The molecule has 0 radical (unpaired) electrons. The van der Waals surface area contributed by atoms with E-state index in [1.54, 1.807) is 6.92 Å². The molecule has 2 heterocycles. The number of nitrogen functional groups attached to an aromatic ring is 1. The summed E-state index contributed by atoms with van der Waals surface area (Å²) >= 11 is 5.96. The van der Waals surface area contributed by atoms with Crippen LogP contribution in [0.15, 0.2) is 27.9 Å². The maximum atomic E-state index is 12.4. The van der Waals surface area contributed by atoms with Gasteiger partial charge in [-0.2, -0.15) is 9.78 Å². The average molecular weight is 392 g/mol. The third-order valence-electron chi connectivity index (χ3n) is 3.31. The molecule has 0 atom stereocenters. The van der Waals surface area contributed by atoms with Crippen molar-refractivity contribution in [3.05, 3.63) is 50.3 Å². The second-order valence-corrected chi connectivity index (χ2v) is 5.48. The van der Waals surface area contributed by atoms with E-state index in [-0.39, 0.29) is 39.3 Å². The maximum Gasteiger partial charge on any atom is 0.292 e. The molecule has 13 nitrogen and oxygen atoms in total. The van der Waals surface area contributed by atoms with Crippen molar-refractivity contribution < 1.29 is 14.3 Å². The number of nitro benzene ring substituents is 1. The van der Waals surface area contributed by atoms with Crippen LogP contribution in [-0.4, -0.2) is 42.4 Å². The van der Waals surface area contributed by atoms with Gasteiger partial charge in [-0.15, -0.1) is 5.10 Å². The Labute approximate surface area is 154 Å². The predicted molar refractivity (Wildman–Crippen MR) is 91.5 cm³/mol. The highest BCUT2D eigenvalue weighted by molar-refractivity contribution is 6.33. The van der Waals surface area contributed by atoms with E-state index in [1.165, 1.54) is 24.4 Å². The van der Waals surface area contributed by atoms with Crippen LogP contribution in [-0.2, 0) is 0 Å². The van der Waals surface area contributed by atoms with Crippen LogP contribution < -0.4 is 11.2 Å². The summed E-state index contributed by atoms with van der Waals surface area (Å²) in [6.07, 6.45) is 1.17. The van der Waals surface area contributed by atoms with Gasteiger partial charge in [-0.3, -0.25) is 14.9 Å². The van der Waals surface area contributed by atoms with Crippen molar-refractivity contribution in [2.45, 2.75) is 6.92 Å². The normalized spacial score (nSPS) is 11.0. The van der Waals surface area contributed by atoms with E-state index in [4.69, 9.17) is 17.3 Å². The quantitative estimate of drug-likeness (QED) is 0.362. The Hall–Kier alpha value is -3.87. The average Bonchev–Trinajstić information content (AvgIpc) is 3.21. The number of nitrogens with one attached hydrogen (secondary N) is 1. The Bertz CT molecular complexity index is 1060. The van der Waals surface area contributed by atoms with E-state index in [0.29, 0.717) is 0 Å². The first kappa shape index (κ1) is 17.9. The zero-order chi connectivity index (χ0) is 19.6. The molecule has 2 aromatic heterocycles. The molecule has 0 aliphatic heterocycles. The highest BCUT2D eigenvalue weighted by Crippen LogP contribution is 2.20. The van der Waals surface area contributed by atoms with Crippen LogP contribution in [0.25, 0.3) is 5.82 Å². The molecular weight excluding hydrogens is 382 g/mol. The zero-order valence-electron chi connectivity index (χ0n) is 13.5. The van der Waals surface area contributed by atoms with Crippen molar-refractivity contribution in [2.24, 2.45) is 5.10 Å². The van der Waals surface area contributed by atoms with Gasteiger partial charge < -0.3 is 5.73 Å². The summed E-state index contributed by atoms with van der Waals surface area (Å²) in [4.78, 5) is 22.7. The maximum absolute atomic E-state index is 12.4. The number of anilines is 1. The molecule has 0 saturated carbocycles. The van der Waals surface area contributed by atoms with Gasteiger partial charge in [-0.05, 0) is 23.3 Å². The zero-order valence-corrected chi connectivity index (χ0v) is 14.3. The second-order valence-electron chi connectivity index (χ2n) is 5.07. The number of aryl methyl sites for hydroxylation is 1. The van der Waals surface area contributed by atoms with Gasteiger partial charge in [0.1, 0.15) is 0 Å². The summed E-state index contributed by atoms with van der Waals surface area (Å²) in [5.74, 6) is -0.773. The van der Waals surface area contributed by atoms with Crippen LogP contribution in [0.2, 0.25) is 5.02 Å². The summed E-state index contributed by atoms with van der Waals surface area (Å²) < 4.78 is 5.53. The molecule has 0 bridgehead atoms. The number of hydrogen-bond donors (Lipinski definition) is 2. The number of carbonyl (C=O) groups excluding carboxylic acids is 1. The number of nitrogens with two attached hydrogens (primary N) is 1. The number of hydrogen-bond acceptors (Lipinski definition) is 10. The number of benzene rings is 1. The Balaban J connectivity index is 1.83. The van der Waals surface area contributed by atoms with Crippen molar-refractivity contribution in [1.29, 1.82) is 0 Å². The highest BCUT2D eigenvalue weighted by atomic mass is 35.5. The van der Waals surface area contributed by atoms with Gasteiger partial charge in [0.05, 0.1) is 16.8 Å². The molecule has 3 N–H and O–H groups in total. The third-order valence-corrected chi connectivity index (χ3v) is 3.65. The molecule has 138 valence electrons. The van der Waals surface area contributed by atoms with Crippen LogP contribution in [0.1, 0.15) is 21.7 Å². The predicted octanol–water partition coefficient (Wildman–Crippen LogP) is 0.866. The molecule has 3 rings (SSSR count). The molecule has 27 heavy (non-hydrogen) atoms. The molecule has 0 saturated heterocycles. The lowest BCUT2D eigenvalue weighted by atomic mass is 10.2. The Morgan fingerprint density at radius 2 is 2.26 bits per heavy atom. The number of amides is 1. The fourth-order valence-electron chi connectivity index (χ4n) is 2.06. The molecule has 0 unspecified atom stereocenters. The summed E-state index contributed by atoms with van der Waals surface area (Å²) in [5.41, 5.74) is 8.21. The van der Waals surface area contributed by atoms with E-state index in [2.05, 4.69) is 35.8 Å². The van der Waals surface area contributed by atoms with Gasteiger partial charge in [0.2, 0.25) is 11.6 Å². The first-order valence-electron chi connectivity index (χ1n) is 7.16. The number of carbonyl (C=O) groups is 1. The van der Waals surface area contributed by atoms with E-state index in [0.717, 1.165) is 4.68 Å². The molecular formula is C13H10ClN9O4. The van der Waals surface area contributed by atoms with E-state index in [9.17, 15) is 14.9 Å². The smallest absolute Gasteiger partial charge is 0.292 e. The topological polar surface area (TPSA) is 180 Å². The molecule has 1 amide bonds. The van der Waals surface area contributed by atoms with Crippen molar-refractivity contribution >= 4 is 35.2 Å². The van der Waals surface area contributed by atoms with Crippen molar-refractivity contribution in [1.82, 2.24) is 30.7 Å². The molecule has 1 aromatic carbocycles. The van der Waals surface area contributed by atoms with Crippen LogP contribution in [0.3, 0.4) is 0 Å². The van der Waals surface area contributed by atoms with E-state index >= 15 is 0 Å². The van der Waals surface area contributed by atoms with E-state index in [1.807, 2.05) is 0 Å². The number of non-ortho nitro benzene ring substituents is 1. The van der Waals surface area contributed by atoms with E-state index < -0.39 is 10.8 Å². The van der Waals surface area contributed by atoms with Gasteiger partial charge in [0.25, 0.3) is 11.6 Å². The molecule has 14 heteroatoms. The summed E-state index contributed by atoms with van der Waals surface area (Å²) in [5, 5.41) is 29.3. The number of rotatable bonds is 5. The minimum atomic E-state index is -0.683. The molecule has 0 aliphatic rings. The molecule has 0 spiro atoms. The Kier molecular flexibility index (Phi) is 4.76. The van der Waals surface area contributed by atoms with Crippen LogP contribution in [0.4, 0.5) is 11.5 Å². The van der Waals surface area contributed by atoms with Gasteiger partial charge in [0, 0.05) is 22.7 Å². The van der Waals surface area contributed by atoms with Crippen LogP contribution >= 0.6 is 11.6 Å². The highest BCUT2D eigenvalue weighted by Gasteiger charge is 2.22. The van der Waals surface area contributed by atoms with Crippen molar-refractivity contribution in [3.8, 4) is 5.82 Å². The van der Waals surface area contributed by atoms with Crippen LogP contribution in [0, 0.1) is 17.0 Å². The lowest BCUT2D eigenvalue weighted by molar-refractivity contribution is -0.384. The van der Waals surface area contributed by atoms with Crippen molar-refractivity contribution in [3.63, 3.8) is 0 Å². The third kappa shape index (κ3) is 3.57. The standard InChI is InChI=1S/C13H10ClN9O4/c1-6-10(22(21-17-6)12-11(15)19-27-20-12)13(24)18-16-5-7-4-8(23(25)26)2-3-9(7)14/h2-5H,1H3,(H2,15,19)(H,18,24). The first-order valence-corrected chi connectivity index (χ1v) is 7.54. The number of hydrazone groups is 1. The second kappa shape index (κ2) is 7.17. The molecule has 0 fully saturated rings. The van der Waals surface area contributed by atoms with Crippen LogP contribution in [0.5, 0.6) is 0 Å². The Morgan fingerprint density at radius 3 is 2.93 bits per heavy atom. The SMILES string of the molecule is Cc1nnn(-c2nonc2N)c1C(=O)NN=Cc1cc([N+](=O)[O-])ccc1Cl. The van der Waals surface area contributed by atoms with Crippen molar-refractivity contribution in [2.75, 3.05) is 5.73 Å². The molecule has 3 aromatic rings. The molecule has 0 aliphatic carbocycles. The fourth-order valence-corrected chi connectivity index (χ4v) is 2.23. The summed E-state index contributed by atoms with van der Waals surface area (Å²) in [6.45, 7) is 1.54. The summed E-state index contributed by atoms with van der Waals surface area (Å²) in [6, 6.07) is 3.82. The fraction of sp³-hybridized carbons (Fsp3) is 0.0769. The number of nitro groups is 1. The lowest BCUT2D eigenvalue weighted by Gasteiger charge is -2.03. The van der Waals surface area contributed by atoms with Gasteiger partial charge in [-0.1, -0.05) is 16.8 Å². The minimum absolute atomic E-state index is 0.000288. The first-order chi connectivity index (χ1) is 12.9. The Morgan fingerprint density at radius 1 is 1.48 bits per heavy atom. The monoisotopic (exact) mass is 391 g/mol. The number of nitrogens with zero attached hydrogens (tertiary/aromatic N) is 7. The largest absolute Gasteiger partial charge is 0.378 e. The van der Waals surface area contributed by atoms with Gasteiger partial charge >= 0.3 is 0 Å². The summed E-state index contributed by atoms with van der Waals surface area (Å²) in [7, 11) is 0. The lowest BCUT2D eigenvalue weighted by Crippen LogP contribution is -2.22. The minimum Gasteiger partial charge on any atom is -0.378 e. The number of aromatic nitrogens is 5. The van der Waals surface area contributed by atoms with Gasteiger partial charge in [-0.25, -0.2) is 10.1 Å². The van der Waals surface area contributed by atoms with Gasteiger partial charge in [0.15, 0.2) is 5.69 Å². The number of halogens is 1.